The molecule has 6 aromatic carbocycles. The van der Waals surface area contributed by atoms with Crippen LogP contribution in [0.1, 0.15) is 150 Å². The van der Waals surface area contributed by atoms with Crippen molar-refractivity contribution >= 4 is 151 Å². The van der Waals surface area contributed by atoms with Crippen LogP contribution in [0.25, 0.3) is 57.0 Å². The van der Waals surface area contributed by atoms with Crippen molar-refractivity contribution in [3.8, 4) is 0 Å². The topological polar surface area (TPSA) is 456 Å². The van der Waals surface area contributed by atoms with Gasteiger partial charge in [-0.1, -0.05) is 140 Å². The molecule has 6 aliphatic rings. The van der Waals surface area contributed by atoms with Gasteiger partial charge in [-0.3, -0.25) is 82.2 Å². The van der Waals surface area contributed by atoms with E-state index in [1.54, 1.807) is 23.5 Å². The fraction of sp³-hybridized carbons (Fsp3) is 0.370. The highest BCUT2D eigenvalue weighted by molar-refractivity contribution is 8.04. The normalized spacial score (nSPS) is 18.4. The summed E-state index contributed by atoms with van der Waals surface area (Å²) in [6, 6.07) is 55.9. The Morgan fingerprint density at radius 2 is 0.890 bits per heavy atom. The SMILES string of the molecule is CC[C@H]1O[C@@H](n2cc(/C=C/C(=O)NCCN(CCN)CCN)c(=O)[nH]c2=O)C[C@H]1O.CC[C@H]1O[C@@H](n2cc(/C=C/C(=O)NCCN(CCNC(=O)CCCCN3/C(=C/c4ccnc5ccccc45)Sc4ccccc43)CCNC(=O)CCCCN3c4ccccc4SC3Cc3ccnc4ccccc34)c(=O)[nH]c2=O)C[C@H]1O.O=C(CCCCN1/C(=C/c2ccnc3ccccc23)Sc2ccccc21)ON1C(=O)CCC1=O. The van der Waals surface area contributed by atoms with Crippen LogP contribution in [0.4, 0.5) is 17.1 Å². The second kappa shape index (κ2) is 53.0. The number of fused-ring (bicyclic) bond motifs is 6. The van der Waals surface area contributed by atoms with Gasteiger partial charge in [-0.25, -0.2) is 14.4 Å². The number of aliphatic hydroxyl groups excluding tert-OH is 2. The number of unbranched alkanes of at least 4 members (excludes halogenated alkanes) is 3. The Labute approximate surface area is 858 Å². The number of hydroxylamine groups is 2. The van der Waals surface area contributed by atoms with Crippen LogP contribution in [0.5, 0.6) is 0 Å². The Morgan fingerprint density at radius 1 is 0.479 bits per heavy atom. The maximum atomic E-state index is 13.3. The van der Waals surface area contributed by atoms with E-state index in [2.05, 4.69) is 175 Å². The minimum absolute atomic E-state index is 0.0330. The lowest BCUT2D eigenvalue weighted by atomic mass is 10.1. The lowest BCUT2D eigenvalue weighted by Crippen LogP contribution is -2.42. The maximum Gasteiger partial charge on any atom is 0.333 e. The van der Waals surface area contributed by atoms with Crippen LogP contribution in [-0.4, -0.2) is 229 Å². The summed E-state index contributed by atoms with van der Waals surface area (Å²) in [5.41, 5.74) is 18.7. The van der Waals surface area contributed by atoms with E-state index in [0.29, 0.717) is 116 Å². The molecule has 0 radical (unpaired) electrons. The lowest BCUT2D eigenvalue weighted by molar-refractivity contribution is -0.197. The number of H-pyrrole nitrogens is 2. The average molecular weight is 2040 g/mol. The molecule has 3 saturated heterocycles. The van der Waals surface area contributed by atoms with Crippen molar-refractivity contribution in [3.63, 3.8) is 0 Å². The molecule has 6 amide bonds. The molecule has 766 valence electrons. The molecule has 11 heterocycles. The van der Waals surface area contributed by atoms with E-state index >= 15 is 0 Å². The molecule has 146 heavy (non-hydrogen) atoms. The number of hydrogen-bond donors (Lipinski definition) is 10. The van der Waals surface area contributed by atoms with E-state index in [1.165, 1.54) is 77.2 Å². The molecule has 0 aliphatic carbocycles. The number of benzene rings is 6. The summed E-state index contributed by atoms with van der Waals surface area (Å²) in [4.78, 5) is 175. The van der Waals surface area contributed by atoms with Crippen molar-refractivity contribution in [1.82, 2.24) is 70.2 Å². The highest BCUT2D eigenvalue weighted by atomic mass is 32.2. The first-order valence-corrected chi connectivity index (χ1v) is 52.4. The Bertz CT molecular complexity index is 6800. The number of carbonyl (C=O) groups is 7. The Hall–Kier alpha value is -13.5. The molecule has 11 aromatic rings. The predicted octanol–water partition coefficient (Wildman–Crippen LogP) is 11.4. The first-order valence-electron chi connectivity index (χ1n) is 49.9. The van der Waals surface area contributed by atoms with Gasteiger partial charge in [0.15, 0.2) is 0 Å². The highest BCUT2D eigenvalue weighted by Crippen LogP contribution is 2.50. The Balaban J connectivity index is 0.000000203. The number of thioether (sulfide) groups is 3. The largest absolute Gasteiger partial charge is 0.390 e. The summed E-state index contributed by atoms with van der Waals surface area (Å²) < 4.78 is 14.0. The van der Waals surface area contributed by atoms with Crippen LogP contribution in [0.15, 0.2) is 251 Å². The van der Waals surface area contributed by atoms with Gasteiger partial charge < -0.3 is 72.0 Å². The van der Waals surface area contributed by atoms with E-state index in [1.807, 2.05) is 116 Å². The van der Waals surface area contributed by atoms with Gasteiger partial charge in [0.1, 0.15) is 12.5 Å². The Morgan fingerprint density at radius 3 is 1.36 bits per heavy atom. The van der Waals surface area contributed by atoms with Gasteiger partial charge in [-0.2, -0.15) is 0 Å². The fourth-order valence-corrected chi connectivity index (χ4v) is 22.0. The van der Waals surface area contributed by atoms with Gasteiger partial charge in [0.2, 0.25) is 23.6 Å². The van der Waals surface area contributed by atoms with Gasteiger partial charge in [-0.05, 0) is 165 Å². The number of nitrogens with one attached hydrogen (secondary N) is 6. The number of aromatic nitrogens is 7. The van der Waals surface area contributed by atoms with Crippen molar-refractivity contribution < 1.29 is 58.1 Å². The number of aliphatic hydroxyl groups is 2. The van der Waals surface area contributed by atoms with E-state index in [4.69, 9.17) is 25.8 Å². The van der Waals surface area contributed by atoms with Crippen molar-refractivity contribution in [2.45, 2.75) is 174 Å². The molecular formula is C108H125N19O16S3. The monoisotopic (exact) mass is 2040 g/mol. The number of rotatable bonds is 44. The van der Waals surface area contributed by atoms with E-state index in [0.717, 1.165) is 112 Å². The van der Waals surface area contributed by atoms with Crippen LogP contribution in [0.2, 0.25) is 0 Å². The number of amides is 6. The summed E-state index contributed by atoms with van der Waals surface area (Å²) in [5.74, 6) is -2.36. The van der Waals surface area contributed by atoms with Crippen molar-refractivity contribution in [3.05, 3.63) is 286 Å². The molecule has 0 spiro atoms. The molecule has 17 rings (SSSR count). The number of carbonyl (C=O) groups excluding carboxylic acids is 7. The maximum absolute atomic E-state index is 13.3. The summed E-state index contributed by atoms with van der Waals surface area (Å²) in [5, 5.41) is 38.6. The molecule has 7 atom stereocenters. The number of anilines is 3. The zero-order valence-electron chi connectivity index (χ0n) is 81.8. The molecule has 12 N–H and O–H groups in total. The molecule has 3 fully saturated rings. The van der Waals surface area contributed by atoms with E-state index < -0.39 is 77.0 Å². The first-order chi connectivity index (χ1) is 71.1. The molecule has 38 heteroatoms. The summed E-state index contributed by atoms with van der Waals surface area (Å²) >= 11 is 5.36. The third-order valence-electron chi connectivity index (χ3n) is 25.9. The average Bonchev–Trinajstić information content (AvgIpc) is 1.65. The van der Waals surface area contributed by atoms with Gasteiger partial charge in [-0.15, -0.1) is 5.06 Å². The fourth-order valence-electron chi connectivity index (χ4n) is 18.3. The number of aromatic amines is 2. The third kappa shape index (κ3) is 28.6. The van der Waals surface area contributed by atoms with Gasteiger partial charge in [0.25, 0.3) is 22.9 Å². The number of nitrogens with two attached hydrogens (primary N) is 2. The van der Waals surface area contributed by atoms with Crippen LogP contribution >= 0.6 is 35.3 Å². The summed E-state index contributed by atoms with van der Waals surface area (Å²) in [6.45, 7) is 11.9. The molecule has 35 nitrogen and oxygen atoms in total. The minimum Gasteiger partial charge on any atom is -0.390 e. The van der Waals surface area contributed by atoms with Crippen molar-refractivity contribution in [2.24, 2.45) is 11.5 Å². The minimum atomic E-state index is -0.753. The summed E-state index contributed by atoms with van der Waals surface area (Å²) in [7, 11) is 0. The molecule has 5 aromatic heterocycles. The quantitative estimate of drug-likeness (QED) is 0.00963. The number of imide groups is 1. The van der Waals surface area contributed by atoms with Crippen molar-refractivity contribution in [2.75, 3.05) is 113 Å². The van der Waals surface area contributed by atoms with Crippen molar-refractivity contribution in [1.29, 1.82) is 0 Å². The van der Waals surface area contributed by atoms with Crippen LogP contribution in [0, 0.1) is 0 Å². The molecule has 6 aliphatic heterocycles. The van der Waals surface area contributed by atoms with Gasteiger partial charge in [0.05, 0.1) is 84.6 Å². The van der Waals surface area contributed by atoms with E-state index in [9.17, 15) is 63.0 Å². The molecule has 0 saturated carbocycles. The summed E-state index contributed by atoms with van der Waals surface area (Å²) in [6.07, 6.45) is 22.1. The molecular weight excluding hydrogens is 1920 g/mol. The first kappa shape index (κ1) is 107. The lowest BCUT2D eigenvalue weighted by Gasteiger charge is -2.27. The van der Waals surface area contributed by atoms with E-state index in [-0.39, 0.29) is 79.0 Å². The highest BCUT2D eigenvalue weighted by Gasteiger charge is 2.38. The second-order valence-corrected chi connectivity index (χ2v) is 39.3. The van der Waals surface area contributed by atoms with Crippen LogP contribution in [0.3, 0.4) is 0 Å². The molecule has 0 bridgehead atoms. The molecule has 1 unspecified atom stereocenters. The predicted molar refractivity (Wildman–Crippen MR) is 570 cm³/mol. The zero-order valence-corrected chi connectivity index (χ0v) is 84.3. The number of pyridine rings is 3. The number of para-hydroxylation sites is 6. The van der Waals surface area contributed by atoms with Crippen LogP contribution in [-0.2, 0) is 54.3 Å². The Kier molecular flexibility index (Phi) is 38.8. The number of hydrogen-bond acceptors (Lipinski definition) is 29. The number of ether oxygens (including phenoxy) is 2. The van der Waals surface area contributed by atoms with Gasteiger partial charge >= 0.3 is 17.3 Å². The van der Waals surface area contributed by atoms with Crippen LogP contribution < -0.4 is 69.9 Å². The van der Waals surface area contributed by atoms with Gasteiger partial charge in [0, 0.05) is 224 Å². The number of nitrogens with zero attached hydrogens (tertiary/aromatic N) is 11. The second-order valence-electron chi connectivity index (χ2n) is 36.0. The third-order valence-corrected chi connectivity index (χ3v) is 29.4. The zero-order chi connectivity index (χ0) is 102. The standard InChI is InChI=1S/C63H70N10O7S2.C26H23N3O4S.C19H32N6O5/c1-2-53-52(74)41-59(80-53)73-42-45(62(78)69-63(73)79)25-26-58(77)68-33-38-70(36-31-66-56(75)23-11-13-34-71-50-19-7-9-21-54(50)81-60(71)39-43-27-29-64-48-17-5-3-15-46(43)48)37-32-67-57(76)24-12-14-35-72-51-20-8-10-22-55(51)82-61(72)40-44-28-30-65-49-18-6-4-16-47(44)49;30-23-12-13-24(31)29(23)33-26(32)11-5-6-16-28-21-9-3-4-10-22(21)34-25(28)17-18-14-15-27-20-8-2-1-7-19(18)20;1-2-15-14(26)11-17(30-15)25-12-13(18(28)23-19(25)29)3-4-16(27)22-7-10-24(8-5-20)9-6-21/h3-10,15-22,25-30,39,42,52-53,59,61,74H,2,11-14,23-24,31-38,40-41H2,1H3,(H,66,75)(H,67,76)(H,68,77)(H,69,78,79);1-4,7-10,14-15,17H,5-6,11-13,16H2;3-4,12,14-15,17,26H,2,5-11,20-21H2,1H3,(H,22,27)(H,23,28,29)/b26-25+,60-39-;25-17-;4-3+/t52-,53-,59-,61?;;14-,15-,17-/m1.1/s1. The smallest absolute Gasteiger partial charge is 0.333 e.